The van der Waals surface area contributed by atoms with Gasteiger partial charge in [-0.1, -0.05) is 138 Å². The van der Waals surface area contributed by atoms with Crippen molar-refractivity contribution in [2.24, 2.45) is 11.8 Å². The average Bonchev–Trinajstić information content (AvgIpc) is 3.87. The van der Waals surface area contributed by atoms with Gasteiger partial charge in [0.25, 0.3) is 0 Å². The first-order chi connectivity index (χ1) is 19.7. The Morgan fingerprint density at radius 1 is 0.927 bits per heavy atom. The van der Waals surface area contributed by atoms with Crippen molar-refractivity contribution < 1.29 is 4.79 Å². The van der Waals surface area contributed by atoms with Crippen LogP contribution in [0.2, 0.25) is 0 Å². The lowest BCUT2D eigenvalue weighted by Gasteiger charge is -2.35. The number of rotatable bonds is 8. The van der Waals surface area contributed by atoms with Gasteiger partial charge < -0.3 is 0 Å². The van der Waals surface area contributed by atoms with Crippen LogP contribution in [0.5, 0.6) is 0 Å². The fourth-order valence-electron chi connectivity index (χ4n) is 5.67. The van der Waals surface area contributed by atoms with Crippen LogP contribution in [0.1, 0.15) is 158 Å². The van der Waals surface area contributed by atoms with Crippen LogP contribution in [-0.2, 0) is 10.2 Å². The lowest BCUT2D eigenvalue weighted by Crippen LogP contribution is -2.30. The van der Waals surface area contributed by atoms with E-state index in [4.69, 9.17) is 0 Å². The van der Waals surface area contributed by atoms with Gasteiger partial charge in [0.2, 0.25) is 5.91 Å². The molecule has 0 radical (unpaired) electrons. The molecule has 1 aromatic carbocycles. The summed E-state index contributed by atoms with van der Waals surface area (Å²) in [6.45, 7) is 21.4. The number of allylic oxidation sites excluding steroid dienone is 3. The number of carbonyl (C=O) groups is 1. The van der Waals surface area contributed by atoms with Crippen molar-refractivity contribution in [2.45, 2.75) is 158 Å². The second-order valence-electron chi connectivity index (χ2n) is 12.3. The SMILES string of the molecule is C1CC1.CC.CC1CCCCC1.CCCC(CCC)C(C)(C)c1ccc(N(C(C)=O)C2=C(C)CCC=C2)cc1.CP. The molecule has 2 nitrogen and oxygen atoms in total. The van der Waals surface area contributed by atoms with E-state index in [0.717, 1.165) is 30.1 Å². The lowest BCUT2D eigenvalue weighted by molar-refractivity contribution is -0.116. The summed E-state index contributed by atoms with van der Waals surface area (Å²) in [5, 5.41) is 0. The van der Waals surface area contributed by atoms with E-state index in [-0.39, 0.29) is 11.3 Å². The normalized spacial score (nSPS) is 16.1. The minimum Gasteiger partial charge on any atom is -0.281 e. The van der Waals surface area contributed by atoms with Crippen LogP contribution in [0, 0.1) is 11.8 Å². The highest BCUT2D eigenvalue weighted by Gasteiger charge is 2.30. The quantitative estimate of drug-likeness (QED) is 0.278. The number of hydrogen-bond acceptors (Lipinski definition) is 1. The van der Waals surface area contributed by atoms with Crippen LogP contribution in [0.3, 0.4) is 0 Å². The van der Waals surface area contributed by atoms with Crippen LogP contribution >= 0.6 is 9.24 Å². The highest BCUT2D eigenvalue weighted by Crippen LogP contribution is 2.38. The first-order valence-electron chi connectivity index (χ1n) is 17.1. The third kappa shape index (κ3) is 15.1. The summed E-state index contributed by atoms with van der Waals surface area (Å²) in [6.07, 6.45) is 23.3. The second kappa shape index (κ2) is 23.1. The molecule has 1 atom stereocenters. The zero-order chi connectivity index (χ0) is 31.3. The molecule has 0 bridgehead atoms. The van der Waals surface area contributed by atoms with Gasteiger partial charge in [0.1, 0.15) is 0 Å². The summed E-state index contributed by atoms with van der Waals surface area (Å²) in [7, 11) is 2.42. The third-order valence-corrected chi connectivity index (χ3v) is 8.37. The van der Waals surface area contributed by atoms with Crippen molar-refractivity contribution in [3.63, 3.8) is 0 Å². The number of anilines is 1. The number of hydrogen-bond donors (Lipinski definition) is 0. The van der Waals surface area contributed by atoms with E-state index in [1.807, 2.05) is 25.4 Å². The molecule has 1 unspecified atom stereocenters. The van der Waals surface area contributed by atoms with Crippen LogP contribution in [-0.4, -0.2) is 12.6 Å². The summed E-state index contributed by atoms with van der Waals surface area (Å²) < 4.78 is 0. The molecule has 2 fully saturated rings. The predicted octanol–water partition coefficient (Wildman–Crippen LogP) is 12.4. The van der Waals surface area contributed by atoms with Crippen molar-refractivity contribution in [3.05, 3.63) is 53.3 Å². The average molecular weight is 586 g/mol. The Morgan fingerprint density at radius 3 is 1.78 bits per heavy atom. The van der Waals surface area contributed by atoms with Crippen molar-refractivity contribution in [1.29, 1.82) is 0 Å². The second-order valence-corrected chi connectivity index (χ2v) is 12.3. The summed E-state index contributed by atoms with van der Waals surface area (Å²) in [5.41, 5.74) is 4.79. The molecule has 236 valence electrons. The Kier molecular flexibility index (Phi) is 22.3. The van der Waals surface area contributed by atoms with Gasteiger partial charge in [-0.15, -0.1) is 9.24 Å². The van der Waals surface area contributed by atoms with E-state index in [1.54, 1.807) is 6.92 Å². The standard InChI is InChI=1S/C25H37NO.C7H14.C3H6.C2H6.CH5P/c1-7-11-21(12-8-2)25(5,6)22-15-17-23(18-16-22)26(20(4)27)24-14-10-9-13-19(24)3;1-7-5-3-2-4-6-7;1-2-3-1;2*1-2/h10,14-18,21H,7-9,11-13H2,1-6H3;7H,2-6H2,1H3;1-3H2;1-2H3;2H2,1H3. The highest BCUT2D eigenvalue weighted by atomic mass is 31.0. The molecule has 3 aliphatic rings. The van der Waals surface area contributed by atoms with Gasteiger partial charge in [0, 0.05) is 18.3 Å². The maximum atomic E-state index is 12.4. The van der Waals surface area contributed by atoms with E-state index in [9.17, 15) is 4.79 Å². The summed E-state index contributed by atoms with van der Waals surface area (Å²) in [6, 6.07) is 8.70. The molecule has 0 saturated heterocycles. The first kappa shape index (κ1) is 39.6. The van der Waals surface area contributed by atoms with Crippen molar-refractivity contribution in [3.8, 4) is 0 Å². The van der Waals surface area contributed by atoms with Gasteiger partial charge >= 0.3 is 0 Å². The molecule has 1 amide bonds. The van der Waals surface area contributed by atoms with Crippen molar-refractivity contribution in [2.75, 3.05) is 11.6 Å². The van der Waals surface area contributed by atoms with Gasteiger partial charge in [0.15, 0.2) is 0 Å². The zero-order valence-corrected chi connectivity index (χ0v) is 30.1. The molecule has 0 aliphatic heterocycles. The number of nitrogens with zero attached hydrogens (tertiary/aromatic N) is 1. The third-order valence-electron chi connectivity index (χ3n) is 8.37. The monoisotopic (exact) mass is 586 g/mol. The zero-order valence-electron chi connectivity index (χ0n) is 29.0. The molecule has 3 aliphatic carbocycles. The molecule has 4 rings (SSSR count). The molecule has 0 aromatic heterocycles. The Hall–Kier alpha value is -1.40. The maximum Gasteiger partial charge on any atom is 0.228 e. The minimum absolute atomic E-state index is 0.0674. The smallest absolute Gasteiger partial charge is 0.228 e. The Morgan fingerprint density at radius 2 is 1.41 bits per heavy atom. The minimum atomic E-state index is 0.0674. The predicted molar refractivity (Wildman–Crippen MR) is 190 cm³/mol. The van der Waals surface area contributed by atoms with Crippen LogP contribution in [0.4, 0.5) is 5.69 Å². The highest BCUT2D eigenvalue weighted by molar-refractivity contribution is 7.15. The van der Waals surface area contributed by atoms with E-state index in [1.165, 1.54) is 88.2 Å². The van der Waals surface area contributed by atoms with Crippen LogP contribution < -0.4 is 4.90 Å². The van der Waals surface area contributed by atoms with Gasteiger partial charge in [-0.05, 0) is 79.2 Å². The Bertz CT molecular complexity index is 850. The lowest BCUT2D eigenvalue weighted by atomic mass is 9.70. The van der Waals surface area contributed by atoms with Crippen molar-refractivity contribution in [1.82, 2.24) is 0 Å². The fourth-order valence-corrected chi connectivity index (χ4v) is 5.67. The van der Waals surface area contributed by atoms with Gasteiger partial charge in [-0.3, -0.25) is 9.69 Å². The van der Waals surface area contributed by atoms with Crippen LogP contribution in [0.25, 0.3) is 0 Å². The number of benzene rings is 1. The fraction of sp³-hybridized carbons (Fsp3) is 0.711. The topological polar surface area (TPSA) is 20.3 Å². The number of amides is 1. The van der Waals surface area contributed by atoms with Gasteiger partial charge in [-0.25, -0.2) is 0 Å². The molecule has 0 N–H and O–H groups in total. The summed E-state index contributed by atoms with van der Waals surface area (Å²) in [4.78, 5) is 14.3. The summed E-state index contributed by atoms with van der Waals surface area (Å²) >= 11 is 0. The maximum absolute atomic E-state index is 12.4. The van der Waals surface area contributed by atoms with E-state index in [2.05, 4.69) is 87.2 Å². The molecule has 1 aromatic rings. The molecule has 41 heavy (non-hydrogen) atoms. The van der Waals surface area contributed by atoms with Gasteiger partial charge in [0.05, 0.1) is 0 Å². The van der Waals surface area contributed by atoms with Crippen molar-refractivity contribution >= 4 is 20.8 Å². The summed E-state index contributed by atoms with van der Waals surface area (Å²) in [5.74, 6) is 1.79. The van der Waals surface area contributed by atoms with E-state index in [0.29, 0.717) is 5.92 Å². The molecule has 0 spiro atoms. The first-order valence-corrected chi connectivity index (χ1v) is 18.2. The van der Waals surface area contributed by atoms with E-state index >= 15 is 0 Å². The molecule has 3 heteroatoms. The Labute approximate surface area is 259 Å². The Balaban J connectivity index is 0.000000934. The molecule has 0 heterocycles. The molecular formula is C38H68NOP. The van der Waals surface area contributed by atoms with E-state index < -0.39 is 0 Å². The largest absolute Gasteiger partial charge is 0.281 e. The molecular weight excluding hydrogens is 517 g/mol. The van der Waals surface area contributed by atoms with Gasteiger partial charge in [-0.2, -0.15) is 0 Å². The van der Waals surface area contributed by atoms with Crippen LogP contribution in [0.15, 0.2) is 47.7 Å². The number of carbonyl (C=O) groups excluding carboxylic acids is 1. The molecule has 2 saturated carbocycles.